The predicted octanol–water partition coefficient (Wildman–Crippen LogP) is 4.08. The van der Waals surface area contributed by atoms with E-state index in [1.165, 1.54) is 4.90 Å². The summed E-state index contributed by atoms with van der Waals surface area (Å²) in [6.45, 7) is 0. The molecule has 0 N–H and O–H groups in total. The van der Waals surface area contributed by atoms with Crippen LogP contribution in [0.4, 0.5) is 5.69 Å². The minimum Gasteiger partial charge on any atom is -0.268 e. The van der Waals surface area contributed by atoms with Gasteiger partial charge in [0, 0.05) is 0 Å². The van der Waals surface area contributed by atoms with Gasteiger partial charge < -0.3 is 0 Å². The second-order valence-corrected chi connectivity index (χ2v) is 5.78. The molecule has 1 aliphatic rings. The predicted molar refractivity (Wildman–Crippen MR) is 93.3 cm³/mol. The van der Waals surface area contributed by atoms with Gasteiger partial charge in [-0.15, -0.1) is 0 Å². The van der Waals surface area contributed by atoms with Gasteiger partial charge in [-0.1, -0.05) is 60.7 Å². The Morgan fingerprint density at radius 1 is 0.625 bits per heavy atom. The van der Waals surface area contributed by atoms with E-state index in [0.29, 0.717) is 23.2 Å². The third-order valence-corrected chi connectivity index (χ3v) is 4.26. The lowest BCUT2D eigenvalue weighted by Crippen LogP contribution is -2.30. The first-order chi connectivity index (χ1) is 11.8. The molecule has 2 amide bonds. The van der Waals surface area contributed by atoms with E-state index >= 15 is 0 Å². The summed E-state index contributed by atoms with van der Waals surface area (Å²) in [6, 6.07) is 24.6. The van der Waals surface area contributed by atoms with Crippen LogP contribution in [0.5, 0.6) is 0 Å². The largest absolute Gasteiger partial charge is 0.268 e. The van der Waals surface area contributed by atoms with E-state index in [1.54, 1.807) is 24.3 Å². The Hall–Kier alpha value is -3.20. The van der Waals surface area contributed by atoms with Crippen molar-refractivity contribution >= 4 is 17.5 Å². The van der Waals surface area contributed by atoms with E-state index in [9.17, 15) is 9.59 Å². The summed E-state index contributed by atoms with van der Waals surface area (Å²) < 4.78 is 0. The average molecular weight is 313 g/mol. The third kappa shape index (κ3) is 2.31. The van der Waals surface area contributed by atoms with Gasteiger partial charge in [-0.25, -0.2) is 4.90 Å². The van der Waals surface area contributed by atoms with Crippen molar-refractivity contribution < 1.29 is 9.59 Å². The zero-order valence-electron chi connectivity index (χ0n) is 13.0. The number of hydrogen-bond donors (Lipinski definition) is 0. The first-order valence-electron chi connectivity index (χ1n) is 7.85. The Kier molecular flexibility index (Phi) is 3.47. The highest BCUT2D eigenvalue weighted by Crippen LogP contribution is 2.31. The van der Waals surface area contributed by atoms with Crippen LogP contribution in [0.25, 0.3) is 0 Å². The molecular weight excluding hydrogens is 298 g/mol. The van der Waals surface area contributed by atoms with Crippen LogP contribution in [-0.4, -0.2) is 11.8 Å². The van der Waals surface area contributed by atoms with Crippen LogP contribution < -0.4 is 4.90 Å². The number of rotatable bonds is 3. The van der Waals surface area contributed by atoms with Gasteiger partial charge in [0.2, 0.25) is 0 Å². The van der Waals surface area contributed by atoms with Crippen molar-refractivity contribution in [3.05, 3.63) is 101 Å². The molecule has 0 bridgehead atoms. The minimum absolute atomic E-state index is 0.254. The molecule has 1 aliphatic heterocycles. The number of fused-ring (bicyclic) bond motifs is 1. The topological polar surface area (TPSA) is 37.4 Å². The molecule has 0 radical (unpaired) electrons. The Morgan fingerprint density at radius 3 is 1.83 bits per heavy atom. The molecule has 0 aromatic heterocycles. The molecule has 4 rings (SSSR count). The summed E-state index contributed by atoms with van der Waals surface area (Å²) in [5, 5.41) is 0. The molecule has 3 aromatic rings. The van der Waals surface area contributed by atoms with Crippen molar-refractivity contribution in [3.8, 4) is 0 Å². The first-order valence-corrected chi connectivity index (χ1v) is 7.85. The quantitative estimate of drug-likeness (QED) is 0.683. The highest BCUT2D eigenvalue weighted by Gasteiger charge is 2.37. The molecule has 0 saturated carbocycles. The lowest BCUT2D eigenvalue weighted by atomic mass is 10.0. The summed E-state index contributed by atoms with van der Waals surface area (Å²) in [4.78, 5) is 26.7. The van der Waals surface area contributed by atoms with Crippen molar-refractivity contribution in [2.75, 3.05) is 4.90 Å². The van der Waals surface area contributed by atoms with Crippen LogP contribution in [0.1, 0.15) is 31.8 Å². The smallest absolute Gasteiger partial charge is 0.266 e. The van der Waals surface area contributed by atoms with Gasteiger partial charge in [0.25, 0.3) is 11.8 Å². The van der Waals surface area contributed by atoms with Gasteiger partial charge in [-0.3, -0.25) is 9.59 Å². The average Bonchev–Trinajstić information content (AvgIpc) is 2.88. The molecule has 3 heteroatoms. The number of amides is 2. The Bertz CT molecular complexity index is 896. The van der Waals surface area contributed by atoms with Gasteiger partial charge in [-0.05, 0) is 35.7 Å². The van der Waals surface area contributed by atoms with Crippen molar-refractivity contribution in [3.63, 3.8) is 0 Å². The highest BCUT2D eigenvalue weighted by molar-refractivity contribution is 6.34. The summed E-state index contributed by atoms with van der Waals surface area (Å²) in [5.41, 5.74) is 3.70. The Labute approximate surface area is 140 Å². The fourth-order valence-corrected chi connectivity index (χ4v) is 3.10. The second-order valence-electron chi connectivity index (χ2n) is 5.78. The maximum atomic E-state index is 12.7. The molecule has 0 spiro atoms. The maximum Gasteiger partial charge on any atom is 0.266 e. The normalized spacial score (nSPS) is 13.2. The molecule has 24 heavy (non-hydrogen) atoms. The van der Waals surface area contributed by atoms with Crippen LogP contribution in [0.15, 0.2) is 78.9 Å². The number of imide groups is 1. The van der Waals surface area contributed by atoms with Crippen molar-refractivity contribution in [1.29, 1.82) is 0 Å². The molecule has 116 valence electrons. The van der Waals surface area contributed by atoms with Crippen molar-refractivity contribution in [2.24, 2.45) is 0 Å². The molecule has 3 nitrogen and oxygen atoms in total. The molecule has 3 aromatic carbocycles. The maximum absolute atomic E-state index is 12.7. The molecule has 1 heterocycles. The fraction of sp³-hybridized carbons (Fsp3) is 0.0476. The van der Waals surface area contributed by atoms with E-state index in [4.69, 9.17) is 0 Å². The third-order valence-electron chi connectivity index (χ3n) is 4.26. The van der Waals surface area contributed by atoms with Crippen LogP contribution in [0.3, 0.4) is 0 Å². The van der Waals surface area contributed by atoms with Crippen LogP contribution >= 0.6 is 0 Å². The molecule has 0 aliphatic carbocycles. The van der Waals surface area contributed by atoms with Crippen LogP contribution in [0, 0.1) is 0 Å². The van der Waals surface area contributed by atoms with E-state index in [-0.39, 0.29) is 11.8 Å². The van der Waals surface area contributed by atoms with E-state index in [1.807, 2.05) is 54.6 Å². The number of benzene rings is 3. The summed E-state index contributed by atoms with van der Waals surface area (Å²) >= 11 is 0. The Balaban J connectivity index is 1.76. The van der Waals surface area contributed by atoms with Crippen molar-refractivity contribution in [2.45, 2.75) is 6.42 Å². The number of para-hydroxylation sites is 1. The molecule has 0 atom stereocenters. The number of nitrogens with zero attached hydrogens (tertiary/aromatic N) is 1. The van der Waals surface area contributed by atoms with Gasteiger partial charge >= 0.3 is 0 Å². The Morgan fingerprint density at radius 2 is 1.17 bits per heavy atom. The van der Waals surface area contributed by atoms with Crippen molar-refractivity contribution in [1.82, 2.24) is 0 Å². The van der Waals surface area contributed by atoms with Gasteiger partial charge in [0.05, 0.1) is 16.8 Å². The molecular formula is C21H15NO2. The molecule has 0 unspecified atom stereocenters. The second kappa shape index (κ2) is 5.78. The fourth-order valence-electron chi connectivity index (χ4n) is 3.10. The number of carbonyl (C=O) groups excluding carboxylic acids is 2. The number of hydrogen-bond acceptors (Lipinski definition) is 2. The van der Waals surface area contributed by atoms with Crippen LogP contribution in [0.2, 0.25) is 0 Å². The summed E-state index contributed by atoms with van der Waals surface area (Å²) in [7, 11) is 0. The number of carbonyl (C=O) groups is 2. The first kappa shape index (κ1) is 14.4. The lowest BCUT2D eigenvalue weighted by molar-refractivity contribution is 0.0926. The standard InChI is InChI=1S/C21H15NO2/c23-20-17-11-5-6-12-18(17)21(24)22(20)19-13-7-4-10-16(19)14-15-8-2-1-3-9-15/h1-13H,14H2. The minimum atomic E-state index is -0.254. The van der Waals surface area contributed by atoms with E-state index in [2.05, 4.69) is 0 Å². The zero-order chi connectivity index (χ0) is 16.5. The summed E-state index contributed by atoms with van der Waals surface area (Å²) in [6.07, 6.45) is 0.671. The van der Waals surface area contributed by atoms with E-state index < -0.39 is 0 Å². The van der Waals surface area contributed by atoms with Gasteiger partial charge in [0.15, 0.2) is 0 Å². The highest BCUT2D eigenvalue weighted by atomic mass is 16.2. The summed E-state index contributed by atoms with van der Waals surface area (Å²) in [5.74, 6) is -0.507. The SMILES string of the molecule is O=C1c2ccccc2C(=O)N1c1ccccc1Cc1ccccc1. The lowest BCUT2D eigenvalue weighted by Gasteiger charge is -2.18. The monoisotopic (exact) mass is 313 g/mol. The number of anilines is 1. The zero-order valence-corrected chi connectivity index (χ0v) is 13.0. The van der Waals surface area contributed by atoms with E-state index in [0.717, 1.165) is 11.1 Å². The van der Waals surface area contributed by atoms with Gasteiger partial charge in [0.1, 0.15) is 0 Å². The molecule has 0 fully saturated rings. The molecule has 0 saturated heterocycles. The van der Waals surface area contributed by atoms with Crippen LogP contribution in [-0.2, 0) is 6.42 Å². The van der Waals surface area contributed by atoms with Gasteiger partial charge in [-0.2, -0.15) is 0 Å².